The maximum absolute atomic E-state index is 5.94. The van der Waals surface area contributed by atoms with Crippen molar-refractivity contribution in [2.75, 3.05) is 5.73 Å². The maximum Gasteiger partial charge on any atom is 0.247 e. The Morgan fingerprint density at radius 3 is 2.65 bits per heavy atom. The van der Waals surface area contributed by atoms with Crippen molar-refractivity contribution in [1.29, 1.82) is 0 Å². The van der Waals surface area contributed by atoms with E-state index in [0.717, 1.165) is 0 Å². The minimum absolute atomic E-state index is 0.0410. The van der Waals surface area contributed by atoms with Gasteiger partial charge in [-0.25, -0.2) is 4.98 Å². The van der Waals surface area contributed by atoms with Crippen LogP contribution < -0.4 is 10.5 Å². The Balaban J connectivity index is 2.34. The molecule has 0 aliphatic carbocycles. The molecule has 88 valence electrons. The summed E-state index contributed by atoms with van der Waals surface area (Å²) in [6.45, 7) is 0. The summed E-state index contributed by atoms with van der Waals surface area (Å²) in [5.74, 6) is 0.534. The van der Waals surface area contributed by atoms with E-state index in [1.165, 1.54) is 6.20 Å². The zero-order chi connectivity index (χ0) is 12.4. The van der Waals surface area contributed by atoms with Crippen LogP contribution in [0.4, 0.5) is 5.69 Å². The van der Waals surface area contributed by atoms with Crippen LogP contribution in [0.5, 0.6) is 11.6 Å². The van der Waals surface area contributed by atoms with Crippen LogP contribution in [-0.4, -0.2) is 9.97 Å². The molecule has 0 bridgehead atoms. The number of halogens is 3. The number of nitrogens with zero attached hydrogens (tertiary/aromatic N) is 2. The Hall–Kier alpha value is -1.23. The van der Waals surface area contributed by atoms with E-state index in [2.05, 4.69) is 9.97 Å². The molecule has 7 heteroatoms. The van der Waals surface area contributed by atoms with Crippen LogP contribution in [0.2, 0.25) is 15.3 Å². The molecule has 1 heterocycles. The molecule has 0 fully saturated rings. The van der Waals surface area contributed by atoms with Crippen LogP contribution in [0.15, 0.2) is 24.4 Å². The number of nitrogens with two attached hydrogens (primary N) is 1. The Kier molecular flexibility index (Phi) is 3.57. The summed E-state index contributed by atoms with van der Waals surface area (Å²) in [5.41, 5.74) is 5.90. The quantitative estimate of drug-likeness (QED) is 0.854. The highest BCUT2D eigenvalue weighted by Gasteiger charge is 2.09. The minimum atomic E-state index is 0.0410. The SMILES string of the molecule is Nc1cnc(Cl)nc1Oc1ccc(Cl)cc1Cl. The number of anilines is 1. The largest absolute Gasteiger partial charge is 0.435 e. The first-order valence-electron chi connectivity index (χ1n) is 4.47. The highest BCUT2D eigenvalue weighted by Crippen LogP contribution is 2.32. The van der Waals surface area contributed by atoms with E-state index >= 15 is 0 Å². The molecule has 2 rings (SSSR count). The molecule has 2 aromatic rings. The molecule has 0 amide bonds. The van der Waals surface area contributed by atoms with Crippen molar-refractivity contribution in [3.05, 3.63) is 39.7 Å². The van der Waals surface area contributed by atoms with Gasteiger partial charge in [-0.1, -0.05) is 23.2 Å². The van der Waals surface area contributed by atoms with Crippen LogP contribution in [-0.2, 0) is 0 Å². The van der Waals surface area contributed by atoms with E-state index in [-0.39, 0.29) is 16.9 Å². The highest BCUT2D eigenvalue weighted by molar-refractivity contribution is 6.35. The first kappa shape index (κ1) is 12.2. The molecule has 0 spiro atoms. The van der Waals surface area contributed by atoms with Gasteiger partial charge in [-0.3, -0.25) is 0 Å². The van der Waals surface area contributed by atoms with Crippen LogP contribution in [0, 0.1) is 0 Å². The second kappa shape index (κ2) is 4.96. The second-order valence-corrected chi connectivity index (χ2v) is 4.26. The third-order valence-corrected chi connectivity index (χ3v) is 2.56. The van der Waals surface area contributed by atoms with Gasteiger partial charge in [-0.05, 0) is 29.8 Å². The summed E-state index contributed by atoms with van der Waals surface area (Å²) in [4.78, 5) is 7.56. The van der Waals surface area contributed by atoms with Crippen LogP contribution in [0.1, 0.15) is 0 Å². The average Bonchev–Trinajstić information content (AvgIpc) is 2.27. The number of benzene rings is 1. The minimum Gasteiger partial charge on any atom is -0.435 e. The molecule has 0 saturated carbocycles. The van der Waals surface area contributed by atoms with Gasteiger partial charge in [0, 0.05) is 5.02 Å². The first-order valence-corrected chi connectivity index (χ1v) is 5.60. The standard InChI is InChI=1S/C10H6Cl3N3O/c11-5-1-2-8(6(12)3-5)17-9-7(14)4-15-10(13)16-9/h1-4H,14H2. The van der Waals surface area contributed by atoms with Crippen molar-refractivity contribution in [3.63, 3.8) is 0 Å². The Morgan fingerprint density at radius 2 is 1.94 bits per heavy atom. The summed E-state index contributed by atoms with van der Waals surface area (Å²) in [7, 11) is 0. The van der Waals surface area contributed by atoms with Gasteiger partial charge in [0.1, 0.15) is 11.4 Å². The van der Waals surface area contributed by atoms with E-state index in [4.69, 9.17) is 45.3 Å². The topological polar surface area (TPSA) is 61.0 Å². The maximum atomic E-state index is 5.94. The predicted octanol–water partition coefficient (Wildman–Crippen LogP) is 3.81. The Labute approximate surface area is 112 Å². The molecule has 0 unspecified atom stereocenters. The molecule has 0 radical (unpaired) electrons. The lowest BCUT2D eigenvalue weighted by Gasteiger charge is -2.08. The second-order valence-electron chi connectivity index (χ2n) is 3.08. The number of hydrogen-bond acceptors (Lipinski definition) is 4. The Morgan fingerprint density at radius 1 is 1.18 bits per heavy atom. The number of nitrogen functional groups attached to an aromatic ring is 1. The van der Waals surface area contributed by atoms with Gasteiger partial charge in [-0.15, -0.1) is 0 Å². The fraction of sp³-hybridized carbons (Fsp3) is 0. The van der Waals surface area contributed by atoms with Gasteiger partial charge in [0.25, 0.3) is 0 Å². The average molecular weight is 291 g/mol. The van der Waals surface area contributed by atoms with Crippen LogP contribution in [0.25, 0.3) is 0 Å². The molecule has 0 saturated heterocycles. The van der Waals surface area contributed by atoms with Crippen molar-refractivity contribution >= 4 is 40.5 Å². The molecule has 0 atom stereocenters. The van der Waals surface area contributed by atoms with Crippen molar-refractivity contribution in [3.8, 4) is 11.6 Å². The van der Waals surface area contributed by atoms with Crippen molar-refractivity contribution in [2.45, 2.75) is 0 Å². The van der Waals surface area contributed by atoms with Gasteiger partial charge in [0.15, 0.2) is 0 Å². The first-order chi connectivity index (χ1) is 8.06. The molecular formula is C10H6Cl3N3O. The number of aromatic nitrogens is 2. The summed E-state index contributed by atoms with van der Waals surface area (Å²) in [6, 6.07) is 4.80. The molecule has 4 nitrogen and oxygen atoms in total. The lowest BCUT2D eigenvalue weighted by Crippen LogP contribution is -1.97. The third-order valence-electron chi connectivity index (χ3n) is 1.85. The number of ether oxygens (including phenoxy) is 1. The van der Waals surface area contributed by atoms with Crippen molar-refractivity contribution < 1.29 is 4.74 Å². The van der Waals surface area contributed by atoms with Crippen molar-refractivity contribution in [2.24, 2.45) is 0 Å². The monoisotopic (exact) mass is 289 g/mol. The van der Waals surface area contributed by atoms with Gasteiger partial charge < -0.3 is 10.5 Å². The normalized spacial score (nSPS) is 10.3. The fourth-order valence-electron chi connectivity index (χ4n) is 1.10. The van der Waals surface area contributed by atoms with E-state index < -0.39 is 0 Å². The van der Waals surface area contributed by atoms with E-state index in [1.807, 2.05) is 0 Å². The third kappa shape index (κ3) is 2.91. The number of hydrogen-bond donors (Lipinski definition) is 1. The van der Waals surface area contributed by atoms with Crippen molar-refractivity contribution in [1.82, 2.24) is 9.97 Å². The molecule has 2 N–H and O–H groups in total. The zero-order valence-electron chi connectivity index (χ0n) is 8.32. The van der Waals surface area contributed by atoms with E-state index in [0.29, 0.717) is 15.8 Å². The molecule has 0 aliphatic rings. The number of rotatable bonds is 2. The summed E-state index contributed by atoms with van der Waals surface area (Å²) in [6.07, 6.45) is 1.36. The molecule has 1 aromatic heterocycles. The van der Waals surface area contributed by atoms with Gasteiger partial charge in [-0.2, -0.15) is 4.98 Å². The lowest BCUT2D eigenvalue weighted by atomic mass is 10.3. The van der Waals surface area contributed by atoms with E-state index in [9.17, 15) is 0 Å². The van der Waals surface area contributed by atoms with E-state index in [1.54, 1.807) is 18.2 Å². The summed E-state index contributed by atoms with van der Waals surface area (Å²) in [5, 5.41) is 0.905. The molecule has 1 aromatic carbocycles. The summed E-state index contributed by atoms with van der Waals surface area (Å²) < 4.78 is 5.42. The zero-order valence-corrected chi connectivity index (χ0v) is 10.6. The highest BCUT2D eigenvalue weighted by atomic mass is 35.5. The fourth-order valence-corrected chi connectivity index (χ4v) is 1.67. The lowest BCUT2D eigenvalue weighted by molar-refractivity contribution is 0.464. The predicted molar refractivity (Wildman–Crippen MR) is 68.0 cm³/mol. The van der Waals surface area contributed by atoms with Crippen LogP contribution in [0.3, 0.4) is 0 Å². The summed E-state index contributed by atoms with van der Waals surface area (Å²) >= 11 is 17.3. The molecular weight excluding hydrogens is 284 g/mol. The van der Waals surface area contributed by atoms with Crippen LogP contribution >= 0.6 is 34.8 Å². The Bertz CT molecular complexity index is 562. The van der Waals surface area contributed by atoms with Gasteiger partial charge in [0.05, 0.1) is 11.2 Å². The van der Waals surface area contributed by atoms with Gasteiger partial charge >= 0.3 is 0 Å². The smallest absolute Gasteiger partial charge is 0.247 e. The molecule has 17 heavy (non-hydrogen) atoms. The van der Waals surface area contributed by atoms with Gasteiger partial charge in [0.2, 0.25) is 11.2 Å². The molecule has 0 aliphatic heterocycles.